The molecule has 1 aliphatic heterocycles. The van der Waals surface area contributed by atoms with Crippen LogP contribution in [0.15, 0.2) is 0 Å². The third-order valence-electron chi connectivity index (χ3n) is 5.33. The van der Waals surface area contributed by atoms with Gasteiger partial charge in [0.25, 0.3) is 0 Å². The summed E-state index contributed by atoms with van der Waals surface area (Å²) in [5.74, 6) is 3.45. The summed E-state index contributed by atoms with van der Waals surface area (Å²) < 4.78 is 0. The Morgan fingerprint density at radius 3 is 2.57 bits per heavy atom. The number of hydrogen-bond donors (Lipinski definition) is 2. The van der Waals surface area contributed by atoms with Gasteiger partial charge in [0.2, 0.25) is 17.8 Å². The van der Waals surface area contributed by atoms with Crippen LogP contribution in [0, 0.1) is 11.8 Å². The van der Waals surface area contributed by atoms with Crippen LogP contribution in [-0.4, -0.2) is 34.1 Å². The fourth-order valence-corrected chi connectivity index (χ4v) is 4.27. The molecule has 0 aromatic carbocycles. The number of nitrogens with zero attached hydrogens (tertiary/aromatic N) is 4. The number of aromatic nitrogens is 3. The monoisotopic (exact) mass is 288 g/mol. The maximum atomic E-state index is 5.89. The van der Waals surface area contributed by atoms with Gasteiger partial charge in [-0.1, -0.05) is 6.42 Å². The molecule has 3 unspecified atom stereocenters. The highest BCUT2D eigenvalue weighted by Gasteiger charge is 2.39. The molecular formula is C15H24N6. The number of rotatable bonds is 3. The van der Waals surface area contributed by atoms with Crippen molar-refractivity contribution in [1.29, 1.82) is 0 Å². The van der Waals surface area contributed by atoms with Crippen molar-refractivity contribution in [3.63, 3.8) is 0 Å². The first-order valence-corrected chi connectivity index (χ1v) is 8.31. The molecule has 0 amide bonds. The molecule has 3 N–H and O–H groups in total. The molecule has 21 heavy (non-hydrogen) atoms. The van der Waals surface area contributed by atoms with Gasteiger partial charge in [-0.25, -0.2) is 0 Å². The molecule has 114 valence electrons. The quantitative estimate of drug-likeness (QED) is 0.886. The molecule has 2 bridgehead atoms. The highest BCUT2D eigenvalue weighted by atomic mass is 15.3. The van der Waals surface area contributed by atoms with E-state index in [4.69, 9.17) is 5.73 Å². The number of nitrogens with one attached hydrogen (secondary N) is 1. The van der Waals surface area contributed by atoms with Crippen LogP contribution in [0.2, 0.25) is 0 Å². The standard InChI is InChI=1S/C15H24N6/c16-13-18-14(17-12-9-10-4-5-11(12)8-10)20-15(19-13)21-6-2-1-3-7-21/h10-12H,1-9H2,(H3,16,17,18,19,20). The van der Waals surface area contributed by atoms with E-state index in [0.29, 0.717) is 17.9 Å². The van der Waals surface area contributed by atoms with Gasteiger partial charge < -0.3 is 16.0 Å². The molecule has 0 radical (unpaired) electrons. The Bertz CT molecular complexity index is 513. The summed E-state index contributed by atoms with van der Waals surface area (Å²) in [5.41, 5.74) is 5.89. The van der Waals surface area contributed by atoms with Gasteiger partial charge in [-0.15, -0.1) is 0 Å². The third kappa shape index (κ3) is 2.63. The van der Waals surface area contributed by atoms with Crippen LogP contribution >= 0.6 is 0 Å². The van der Waals surface area contributed by atoms with Gasteiger partial charge in [0.1, 0.15) is 0 Å². The summed E-state index contributed by atoms with van der Waals surface area (Å²) in [5, 5.41) is 3.52. The van der Waals surface area contributed by atoms with Gasteiger partial charge >= 0.3 is 0 Å². The summed E-state index contributed by atoms with van der Waals surface area (Å²) in [6.45, 7) is 2.05. The van der Waals surface area contributed by atoms with Gasteiger partial charge in [-0.3, -0.25) is 0 Å². The highest BCUT2D eigenvalue weighted by Crippen LogP contribution is 2.45. The number of anilines is 3. The zero-order chi connectivity index (χ0) is 14.2. The van der Waals surface area contributed by atoms with Crippen LogP contribution in [-0.2, 0) is 0 Å². The number of hydrogen-bond acceptors (Lipinski definition) is 6. The zero-order valence-corrected chi connectivity index (χ0v) is 12.5. The highest BCUT2D eigenvalue weighted by molar-refractivity contribution is 5.42. The Morgan fingerprint density at radius 2 is 1.86 bits per heavy atom. The molecule has 4 rings (SSSR count). The molecule has 0 spiro atoms. The molecule has 2 saturated carbocycles. The first-order valence-electron chi connectivity index (χ1n) is 8.31. The minimum Gasteiger partial charge on any atom is -0.368 e. The fourth-order valence-electron chi connectivity index (χ4n) is 4.27. The molecule has 3 atom stereocenters. The molecule has 2 heterocycles. The van der Waals surface area contributed by atoms with E-state index in [-0.39, 0.29) is 0 Å². The van der Waals surface area contributed by atoms with Crippen molar-refractivity contribution in [3.8, 4) is 0 Å². The maximum absolute atomic E-state index is 5.89. The Labute approximate surface area is 125 Å². The first-order chi connectivity index (χ1) is 10.3. The normalized spacial score (nSPS) is 31.6. The SMILES string of the molecule is Nc1nc(NC2CC3CCC2C3)nc(N2CCCCC2)n1. The minimum absolute atomic E-state index is 0.330. The number of fused-ring (bicyclic) bond motifs is 2. The minimum atomic E-state index is 0.330. The van der Waals surface area contributed by atoms with E-state index in [2.05, 4.69) is 25.2 Å². The number of nitrogen functional groups attached to an aromatic ring is 1. The Morgan fingerprint density at radius 1 is 1.00 bits per heavy atom. The summed E-state index contributed by atoms with van der Waals surface area (Å²) in [6.07, 6.45) is 9.10. The Kier molecular flexibility index (Phi) is 3.31. The van der Waals surface area contributed by atoms with Gasteiger partial charge in [0, 0.05) is 19.1 Å². The summed E-state index contributed by atoms with van der Waals surface area (Å²) >= 11 is 0. The van der Waals surface area contributed by atoms with Crippen molar-refractivity contribution < 1.29 is 0 Å². The molecule has 3 fully saturated rings. The van der Waals surface area contributed by atoms with E-state index in [1.165, 1.54) is 44.9 Å². The van der Waals surface area contributed by atoms with Gasteiger partial charge in [0.15, 0.2) is 0 Å². The van der Waals surface area contributed by atoms with Gasteiger partial charge in [-0.05, 0) is 50.4 Å². The van der Waals surface area contributed by atoms with E-state index < -0.39 is 0 Å². The molecule has 1 aromatic heterocycles. The third-order valence-corrected chi connectivity index (χ3v) is 5.33. The van der Waals surface area contributed by atoms with E-state index in [1.807, 2.05) is 0 Å². The van der Waals surface area contributed by atoms with Crippen LogP contribution in [0.5, 0.6) is 0 Å². The lowest BCUT2D eigenvalue weighted by atomic mass is 9.95. The second-order valence-corrected chi connectivity index (χ2v) is 6.79. The largest absolute Gasteiger partial charge is 0.368 e. The van der Waals surface area contributed by atoms with Crippen LogP contribution < -0.4 is 16.0 Å². The Balaban J connectivity index is 1.50. The van der Waals surface area contributed by atoms with Crippen LogP contribution in [0.3, 0.4) is 0 Å². The second kappa shape index (κ2) is 5.31. The predicted molar refractivity (Wildman–Crippen MR) is 83.2 cm³/mol. The van der Waals surface area contributed by atoms with Crippen molar-refractivity contribution >= 4 is 17.8 Å². The van der Waals surface area contributed by atoms with E-state index >= 15 is 0 Å². The molecular weight excluding hydrogens is 264 g/mol. The van der Waals surface area contributed by atoms with Crippen LogP contribution in [0.1, 0.15) is 44.9 Å². The zero-order valence-electron chi connectivity index (χ0n) is 12.5. The van der Waals surface area contributed by atoms with E-state index in [9.17, 15) is 0 Å². The molecule has 3 aliphatic rings. The smallest absolute Gasteiger partial charge is 0.231 e. The summed E-state index contributed by atoms with van der Waals surface area (Å²) in [4.78, 5) is 15.5. The lowest BCUT2D eigenvalue weighted by molar-refractivity contribution is 0.438. The van der Waals surface area contributed by atoms with Crippen LogP contribution in [0.4, 0.5) is 17.8 Å². The lowest BCUT2D eigenvalue weighted by Gasteiger charge is -2.27. The molecule has 2 aliphatic carbocycles. The predicted octanol–water partition coefficient (Wildman–Crippen LogP) is 2.04. The first kappa shape index (κ1) is 13.1. The van der Waals surface area contributed by atoms with Crippen molar-refractivity contribution in [1.82, 2.24) is 15.0 Å². The summed E-state index contributed by atoms with van der Waals surface area (Å²) in [7, 11) is 0. The average Bonchev–Trinajstić information content (AvgIpc) is 3.10. The van der Waals surface area contributed by atoms with Gasteiger partial charge in [-0.2, -0.15) is 15.0 Å². The maximum Gasteiger partial charge on any atom is 0.231 e. The van der Waals surface area contributed by atoms with Crippen molar-refractivity contribution in [3.05, 3.63) is 0 Å². The van der Waals surface area contributed by atoms with Crippen molar-refractivity contribution in [2.45, 2.75) is 51.0 Å². The number of nitrogens with two attached hydrogens (primary N) is 1. The van der Waals surface area contributed by atoms with Crippen molar-refractivity contribution in [2.24, 2.45) is 11.8 Å². The lowest BCUT2D eigenvalue weighted by Crippen LogP contribution is -2.32. The Hall–Kier alpha value is -1.59. The fraction of sp³-hybridized carbons (Fsp3) is 0.800. The van der Waals surface area contributed by atoms with Gasteiger partial charge in [0.05, 0.1) is 0 Å². The van der Waals surface area contributed by atoms with E-state index in [0.717, 1.165) is 30.9 Å². The topological polar surface area (TPSA) is 80.0 Å². The second-order valence-electron chi connectivity index (χ2n) is 6.79. The van der Waals surface area contributed by atoms with Crippen LogP contribution in [0.25, 0.3) is 0 Å². The number of piperidine rings is 1. The average molecular weight is 288 g/mol. The summed E-state index contributed by atoms with van der Waals surface area (Å²) in [6, 6.07) is 0.528. The van der Waals surface area contributed by atoms with Crippen molar-refractivity contribution in [2.75, 3.05) is 29.0 Å². The molecule has 1 saturated heterocycles. The molecule has 6 nitrogen and oxygen atoms in total. The van der Waals surface area contributed by atoms with E-state index in [1.54, 1.807) is 0 Å². The molecule has 1 aromatic rings. The molecule has 6 heteroatoms.